The molecule has 0 aliphatic heterocycles. The van der Waals surface area contributed by atoms with E-state index in [1.54, 1.807) is 22.3 Å². The van der Waals surface area contributed by atoms with E-state index < -0.39 is 0 Å². The molecule has 45 heavy (non-hydrogen) atoms. The number of aryl methyl sites for hydroxylation is 3. The van der Waals surface area contributed by atoms with E-state index in [0.29, 0.717) is 0 Å². The molecule has 0 unspecified atom stereocenters. The highest BCUT2D eigenvalue weighted by Gasteiger charge is 2.12. The van der Waals surface area contributed by atoms with Gasteiger partial charge in [0.1, 0.15) is 0 Å². The number of hydrogen-bond donors (Lipinski definition) is 0. The Morgan fingerprint density at radius 3 is 0.822 bits per heavy atom. The topological polar surface area (TPSA) is 0 Å². The zero-order valence-electron chi connectivity index (χ0n) is 31.9. The Bertz CT molecular complexity index is 685. The molecule has 0 aliphatic rings. The van der Waals surface area contributed by atoms with Gasteiger partial charge >= 0.3 is 0 Å². The van der Waals surface area contributed by atoms with Gasteiger partial charge in [-0.1, -0.05) is 220 Å². The van der Waals surface area contributed by atoms with Crippen LogP contribution >= 0.6 is 0 Å². The third-order valence-corrected chi connectivity index (χ3v) is 10.4. The Balaban J connectivity index is 2.63. The van der Waals surface area contributed by atoms with Crippen LogP contribution in [0.2, 0.25) is 0 Å². The van der Waals surface area contributed by atoms with Gasteiger partial charge in [-0.15, -0.1) is 0 Å². The van der Waals surface area contributed by atoms with Gasteiger partial charge in [-0.3, -0.25) is 0 Å². The molecule has 0 atom stereocenters. The van der Waals surface area contributed by atoms with Crippen molar-refractivity contribution < 1.29 is 0 Å². The molecule has 0 aliphatic carbocycles. The zero-order chi connectivity index (χ0) is 32.5. The lowest BCUT2D eigenvalue weighted by Crippen LogP contribution is -2.04. The zero-order valence-corrected chi connectivity index (χ0v) is 31.9. The highest BCUT2D eigenvalue weighted by Crippen LogP contribution is 2.26. The summed E-state index contributed by atoms with van der Waals surface area (Å²) in [5.41, 5.74) is 6.92. The van der Waals surface area contributed by atoms with Crippen LogP contribution in [-0.2, 0) is 25.7 Å². The van der Waals surface area contributed by atoms with Crippen LogP contribution in [0.5, 0.6) is 0 Å². The van der Waals surface area contributed by atoms with Crippen molar-refractivity contribution in [1.82, 2.24) is 0 Å². The van der Waals surface area contributed by atoms with Gasteiger partial charge in [0.2, 0.25) is 0 Å². The highest BCUT2D eigenvalue weighted by molar-refractivity contribution is 5.40. The molecule has 0 amide bonds. The van der Waals surface area contributed by atoms with Crippen molar-refractivity contribution in [2.24, 2.45) is 0 Å². The molecule has 1 aromatic rings. The molecule has 0 saturated carbocycles. The van der Waals surface area contributed by atoms with E-state index >= 15 is 0 Å². The van der Waals surface area contributed by atoms with Crippen molar-refractivity contribution >= 4 is 0 Å². The molecule has 0 heteroatoms. The third-order valence-electron chi connectivity index (χ3n) is 10.4. The van der Waals surface area contributed by atoms with E-state index in [4.69, 9.17) is 0 Å². The van der Waals surface area contributed by atoms with Crippen molar-refractivity contribution in [1.29, 1.82) is 0 Å². The van der Waals surface area contributed by atoms with Crippen molar-refractivity contribution in [2.45, 2.75) is 252 Å². The SMILES string of the molecule is CCCCCCCCCCCCc1cc(CCC)cc(CCCCCCCCCCCC)c1CCCCCCCCCCCC. The second kappa shape index (κ2) is 33.1. The number of unbranched alkanes of at least 4 members (excludes halogenated alkanes) is 27. The largest absolute Gasteiger partial charge is 0.0654 e. The van der Waals surface area contributed by atoms with Crippen molar-refractivity contribution in [3.05, 3.63) is 34.4 Å². The fourth-order valence-electron chi connectivity index (χ4n) is 7.46. The van der Waals surface area contributed by atoms with E-state index in [1.165, 1.54) is 225 Å². The molecule has 0 spiro atoms. The molecule has 1 rings (SSSR count). The fourth-order valence-corrected chi connectivity index (χ4v) is 7.46. The molecule has 0 fully saturated rings. The maximum atomic E-state index is 2.66. The van der Waals surface area contributed by atoms with E-state index in [2.05, 4.69) is 39.8 Å². The van der Waals surface area contributed by atoms with Crippen LogP contribution in [0.15, 0.2) is 12.1 Å². The van der Waals surface area contributed by atoms with Crippen molar-refractivity contribution in [3.8, 4) is 0 Å². The Morgan fingerprint density at radius 2 is 0.533 bits per heavy atom. The first-order valence-electron chi connectivity index (χ1n) is 21.4. The lowest BCUT2D eigenvalue weighted by atomic mass is 9.87. The lowest BCUT2D eigenvalue weighted by molar-refractivity contribution is 0.551. The van der Waals surface area contributed by atoms with Gasteiger partial charge in [0, 0.05) is 0 Å². The predicted octanol–water partition coefficient (Wildman–Crippen LogP) is 16.0. The third kappa shape index (κ3) is 25.0. The van der Waals surface area contributed by atoms with E-state index in [0.717, 1.165) is 0 Å². The minimum atomic E-state index is 1.26. The maximum Gasteiger partial charge on any atom is -0.0273 e. The average Bonchev–Trinajstić information content (AvgIpc) is 3.04. The predicted molar refractivity (Wildman–Crippen MR) is 207 cm³/mol. The normalized spacial score (nSPS) is 11.6. The average molecular weight is 625 g/mol. The number of benzene rings is 1. The molecule has 1 aromatic carbocycles. The van der Waals surface area contributed by atoms with Crippen LogP contribution in [0.25, 0.3) is 0 Å². The smallest absolute Gasteiger partial charge is 0.0273 e. The van der Waals surface area contributed by atoms with Gasteiger partial charge in [-0.25, -0.2) is 0 Å². The van der Waals surface area contributed by atoms with E-state index in [9.17, 15) is 0 Å². The van der Waals surface area contributed by atoms with Gasteiger partial charge in [0.25, 0.3) is 0 Å². The minimum Gasteiger partial charge on any atom is -0.0654 e. The summed E-state index contributed by atoms with van der Waals surface area (Å²) in [7, 11) is 0. The van der Waals surface area contributed by atoms with Crippen LogP contribution in [-0.4, -0.2) is 0 Å². The summed E-state index contributed by atoms with van der Waals surface area (Å²) in [4.78, 5) is 0. The van der Waals surface area contributed by atoms with Gasteiger partial charge < -0.3 is 0 Å². The first-order valence-corrected chi connectivity index (χ1v) is 21.4. The summed E-state index contributed by atoms with van der Waals surface area (Å²) in [6.45, 7) is 9.33. The van der Waals surface area contributed by atoms with Crippen LogP contribution in [0.1, 0.15) is 249 Å². The first kappa shape index (κ1) is 42.2. The van der Waals surface area contributed by atoms with Gasteiger partial charge in [-0.05, 0) is 67.2 Å². The monoisotopic (exact) mass is 625 g/mol. The second-order valence-corrected chi connectivity index (χ2v) is 14.9. The van der Waals surface area contributed by atoms with Crippen LogP contribution < -0.4 is 0 Å². The van der Waals surface area contributed by atoms with Gasteiger partial charge in [-0.2, -0.15) is 0 Å². The van der Waals surface area contributed by atoms with Crippen molar-refractivity contribution in [2.75, 3.05) is 0 Å². The Hall–Kier alpha value is -0.780. The summed E-state index contributed by atoms with van der Waals surface area (Å²) in [5.74, 6) is 0. The summed E-state index contributed by atoms with van der Waals surface area (Å²) in [6.07, 6.45) is 49.6. The molecule has 0 saturated heterocycles. The minimum absolute atomic E-state index is 1.26. The molecule has 264 valence electrons. The molecule has 0 bridgehead atoms. The van der Waals surface area contributed by atoms with E-state index in [1.807, 2.05) is 0 Å². The molecular weight excluding hydrogens is 540 g/mol. The Labute approximate surface area is 286 Å². The second-order valence-electron chi connectivity index (χ2n) is 14.9. The standard InChI is InChI=1S/C45H84/c1-5-9-12-15-18-21-24-27-30-33-37-43-40-42(36-8-4)41-44(38-34-31-28-25-22-19-16-13-10-6-2)45(43)39-35-32-29-26-23-20-17-14-11-7-3/h40-41H,5-39H2,1-4H3. The summed E-state index contributed by atoms with van der Waals surface area (Å²) < 4.78 is 0. The number of rotatable bonds is 35. The Morgan fingerprint density at radius 1 is 0.267 bits per heavy atom. The van der Waals surface area contributed by atoms with Gasteiger partial charge in [0.05, 0.1) is 0 Å². The molecule has 0 radical (unpaired) electrons. The van der Waals surface area contributed by atoms with Crippen LogP contribution in [0.3, 0.4) is 0 Å². The molecule has 0 nitrogen and oxygen atoms in total. The molecular formula is C45H84. The summed E-state index contributed by atoms with van der Waals surface area (Å²) >= 11 is 0. The Kier molecular flexibility index (Phi) is 31.1. The fraction of sp³-hybridized carbons (Fsp3) is 0.867. The van der Waals surface area contributed by atoms with Gasteiger partial charge in [0.15, 0.2) is 0 Å². The quantitative estimate of drug-likeness (QED) is 0.0659. The molecule has 0 N–H and O–H groups in total. The van der Waals surface area contributed by atoms with Crippen LogP contribution in [0.4, 0.5) is 0 Å². The molecule has 0 aromatic heterocycles. The highest BCUT2D eigenvalue weighted by atomic mass is 14.2. The summed E-state index contributed by atoms with van der Waals surface area (Å²) in [5, 5.41) is 0. The maximum absolute atomic E-state index is 2.66. The first-order chi connectivity index (χ1) is 22.3. The number of hydrogen-bond acceptors (Lipinski definition) is 0. The van der Waals surface area contributed by atoms with Crippen LogP contribution in [0, 0.1) is 0 Å². The summed E-state index contributed by atoms with van der Waals surface area (Å²) in [6, 6.07) is 5.32. The molecule has 0 heterocycles. The van der Waals surface area contributed by atoms with Crippen molar-refractivity contribution in [3.63, 3.8) is 0 Å². The lowest BCUT2D eigenvalue weighted by Gasteiger charge is -2.18. The van der Waals surface area contributed by atoms with E-state index in [-0.39, 0.29) is 0 Å².